The van der Waals surface area contributed by atoms with E-state index < -0.39 is 5.54 Å². The van der Waals surface area contributed by atoms with Gasteiger partial charge >= 0.3 is 0 Å². The van der Waals surface area contributed by atoms with E-state index in [2.05, 4.69) is 17.6 Å². The van der Waals surface area contributed by atoms with Crippen LogP contribution in [0.15, 0.2) is 30.3 Å². The Morgan fingerprint density at radius 2 is 2.07 bits per heavy atom. The summed E-state index contributed by atoms with van der Waals surface area (Å²) in [6.07, 6.45) is 2.88. The van der Waals surface area contributed by atoms with Gasteiger partial charge in [0.2, 0.25) is 0 Å². The van der Waals surface area contributed by atoms with E-state index >= 15 is 0 Å². The van der Waals surface area contributed by atoms with Crippen molar-refractivity contribution in [2.75, 3.05) is 19.1 Å². The SMILES string of the molecule is CNC(C#N)(CCSC)c1ccccc1. The van der Waals surface area contributed by atoms with Gasteiger partial charge in [0.1, 0.15) is 5.54 Å². The molecule has 1 atom stereocenters. The van der Waals surface area contributed by atoms with Crippen molar-refractivity contribution in [1.29, 1.82) is 5.26 Å². The zero-order valence-electron chi connectivity index (χ0n) is 9.16. The predicted octanol–water partition coefficient (Wildman–Crippen LogP) is 2.38. The smallest absolute Gasteiger partial charge is 0.132 e. The number of rotatable bonds is 5. The number of nitriles is 1. The fourth-order valence-electron chi connectivity index (χ4n) is 1.57. The van der Waals surface area contributed by atoms with Crippen molar-refractivity contribution in [3.05, 3.63) is 35.9 Å². The van der Waals surface area contributed by atoms with Crippen LogP contribution in [-0.4, -0.2) is 19.1 Å². The van der Waals surface area contributed by atoms with E-state index in [0.717, 1.165) is 17.7 Å². The van der Waals surface area contributed by atoms with E-state index in [9.17, 15) is 5.26 Å². The van der Waals surface area contributed by atoms with Gasteiger partial charge in [0, 0.05) is 0 Å². The zero-order chi connectivity index (χ0) is 11.1. The lowest BCUT2D eigenvalue weighted by atomic mass is 9.89. The Morgan fingerprint density at radius 1 is 1.40 bits per heavy atom. The molecule has 1 N–H and O–H groups in total. The molecular formula is C12H16N2S. The van der Waals surface area contributed by atoms with Crippen LogP contribution < -0.4 is 5.32 Å². The summed E-state index contributed by atoms with van der Waals surface area (Å²) >= 11 is 1.76. The van der Waals surface area contributed by atoms with E-state index in [4.69, 9.17) is 0 Å². The molecule has 0 radical (unpaired) electrons. The molecule has 1 aromatic carbocycles. The summed E-state index contributed by atoms with van der Waals surface area (Å²) in [5.74, 6) is 0.975. The quantitative estimate of drug-likeness (QED) is 0.827. The number of benzene rings is 1. The molecule has 0 aromatic heterocycles. The molecule has 0 fully saturated rings. The normalized spacial score (nSPS) is 14.2. The highest BCUT2D eigenvalue weighted by Crippen LogP contribution is 2.25. The van der Waals surface area contributed by atoms with Gasteiger partial charge < -0.3 is 0 Å². The summed E-state index contributed by atoms with van der Waals surface area (Å²) < 4.78 is 0. The maximum atomic E-state index is 9.33. The molecule has 0 aliphatic heterocycles. The third-order valence-electron chi connectivity index (χ3n) is 2.57. The first-order valence-electron chi connectivity index (χ1n) is 4.93. The van der Waals surface area contributed by atoms with Crippen LogP contribution in [0.2, 0.25) is 0 Å². The van der Waals surface area contributed by atoms with Gasteiger partial charge in [-0.25, -0.2) is 0 Å². The van der Waals surface area contributed by atoms with E-state index in [1.54, 1.807) is 11.8 Å². The first-order valence-corrected chi connectivity index (χ1v) is 6.33. The molecule has 80 valence electrons. The lowest BCUT2D eigenvalue weighted by molar-refractivity contribution is 0.457. The number of nitrogens with one attached hydrogen (secondary N) is 1. The molecule has 0 saturated heterocycles. The third kappa shape index (κ3) is 2.74. The largest absolute Gasteiger partial charge is 0.299 e. The first kappa shape index (κ1) is 12.1. The van der Waals surface area contributed by atoms with Crippen molar-refractivity contribution in [3.63, 3.8) is 0 Å². The topological polar surface area (TPSA) is 35.8 Å². The van der Waals surface area contributed by atoms with Gasteiger partial charge in [-0.05, 0) is 31.0 Å². The Bertz CT molecular complexity index is 331. The molecule has 2 nitrogen and oxygen atoms in total. The second kappa shape index (κ2) is 5.79. The minimum absolute atomic E-state index is 0.537. The standard InChI is InChI=1S/C12H16N2S/c1-14-12(10-13,8-9-15-2)11-6-4-3-5-7-11/h3-7,14H,8-9H2,1-2H3. The Hall–Kier alpha value is -0.980. The highest BCUT2D eigenvalue weighted by molar-refractivity contribution is 7.98. The summed E-state index contributed by atoms with van der Waals surface area (Å²) in [5.41, 5.74) is 0.508. The molecule has 0 spiro atoms. The Kier molecular flexibility index (Phi) is 4.67. The first-order chi connectivity index (χ1) is 7.29. The molecule has 1 aromatic rings. The van der Waals surface area contributed by atoms with Crippen molar-refractivity contribution >= 4 is 11.8 Å². The minimum Gasteiger partial charge on any atom is -0.299 e. The van der Waals surface area contributed by atoms with E-state index in [-0.39, 0.29) is 0 Å². The number of nitrogens with zero attached hydrogens (tertiary/aromatic N) is 1. The van der Waals surface area contributed by atoms with E-state index in [1.165, 1.54) is 0 Å². The number of hydrogen-bond acceptors (Lipinski definition) is 3. The fraction of sp³-hybridized carbons (Fsp3) is 0.417. The van der Waals surface area contributed by atoms with Crippen molar-refractivity contribution in [3.8, 4) is 6.07 Å². The summed E-state index contributed by atoms with van der Waals surface area (Å²) in [6, 6.07) is 12.3. The zero-order valence-corrected chi connectivity index (χ0v) is 9.97. The average molecular weight is 220 g/mol. The van der Waals surface area contributed by atoms with Crippen LogP contribution in [0.1, 0.15) is 12.0 Å². The summed E-state index contributed by atoms with van der Waals surface area (Å²) in [5, 5.41) is 12.5. The highest BCUT2D eigenvalue weighted by Gasteiger charge is 2.29. The monoisotopic (exact) mass is 220 g/mol. The molecule has 0 amide bonds. The summed E-state index contributed by atoms with van der Waals surface area (Å²) in [7, 11) is 1.84. The summed E-state index contributed by atoms with van der Waals surface area (Å²) in [4.78, 5) is 0. The average Bonchev–Trinajstić information content (AvgIpc) is 2.33. The van der Waals surface area contributed by atoms with Crippen LogP contribution in [0.5, 0.6) is 0 Å². The molecule has 1 unspecified atom stereocenters. The minimum atomic E-state index is -0.537. The molecule has 0 heterocycles. The lowest BCUT2D eigenvalue weighted by Crippen LogP contribution is -2.39. The predicted molar refractivity (Wildman–Crippen MR) is 65.8 cm³/mol. The molecular weight excluding hydrogens is 204 g/mol. The maximum Gasteiger partial charge on any atom is 0.132 e. The van der Waals surface area contributed by atoms with Crippen LogP contribution in [0.4, 0.5) is 0 Å². The Labute approximate surface area is 95.7 Å². The van der Waals surface area contributed by atoms with E-state index in [1.807, 2.05) is 37.4 Å². The molecule has 3 heteroatoms. The van der Waals surface area contributed by atoms with Crippen LogP contribution in [0, 0.1) is 11.3 Å². The lowest BCUT2D eigenvalue weighted by Gasteiger charge is -2.26. The molecule has 0 aliphatic rings. The Morgan fingerprint density at radius 3 is 2.53 bits per heavy atom. The van der Waals surface area contributed by atoms with Crippen molar-refractivity contribution in [2.24, 2.45) is 0 Å². The highest BCUT2D eigenvalue weighted by atomic mass is 32.2. The third-order valence-corrected chi connectivity index (χ3v) is 3.18. The summed E-state index contributed by atoms with van der Waals surface area (Å²) in [6.45, 7) is 0. The van der Waals surface area contributed by atoms with Gasteiger partial charge in [0.15, 0.2) is 0 Å². The second-order valence-corrected chi connectivity index (χ2v) is 4.36. The van der Waals surface area contributed by atoms with Gasteiger partial charge in [0.25, 0.3) is 0 Å². The maximum absolute atomic E-state index is 9.33. The molecule has 1 rings (SSSR count). The van der Waals surface area contributed by atoms with Crippen molar-refractivity contribution < 1.29 is 0 Å². The van der Waals surface area contributed by atoms with Crippen LogP contribution >= 0.6 is 11.8 Å². The van der Waals surface area contributed by atoms with Crippen LogP contribution in [-0.2, 0) is 5.54 Å². The van der Waals surface area contributed by atoms with E-state index in [0.29, 0.717) is 0 Å². The molecule has 0 aliphatic carbocycles. The number of thioether (sulfide) groups is 1. The van der Waals surface area contributed by atoms with Gasteiger partial charge in [-0.3, -0.25) is 5.32 Å². The van der Waals surface area contributed by atoms with Gasteiger partial charge in [-0.1, -0.05) is 30.3 Å². The van der Waals surface area contributed by atoms with Gasteiger partial charge in [0.05, 0.1) is 6.07 Å². The molecule has 15 heavy (non-hydrogen) atoms. The van der Waals surface area contributed by atoms with Gasteiger partial charge in [-0.15, -0.1) is 0 Å². The van der Waals surface area contributed by atoms with Crippen molar-refractivity contribution in [1.82, 2.24) is 5.32 Å². The van der Waals surface area contributed by atoms with Crippen LogP contribution in [0.25, 0.3) is 0 Å². The second-order valence-electron chi connectivity index (χ2n) is 3.38. The fourth-order valence-corrected chi connectivity index (χ4v) is 2.08. The molecule has 0 bridgehead atoms. The Balaban J connectivity index is 2.96. The van der Waals surface area contributed by atoms with Crippen LogP contribution in [0.3, 0.4) is 0 Å². The van der Waals surface area contributed by atoms with Gasteiger partial charge in [-0.2, -0.15) is 17.0 Å². The van der Waals surface area contributed by atoms with Crippen molar-refractivity contribution in [2.45, 2.75) is 12.0 Å². The molecule has 0 saturated carbocycles. The number of hydrogen-bond donors (Lipinski definition) is 1.